The fourth-order valence-electron chi connectivity index (χ4n) is 3.42. The molecule has 4 rings (SSSR count). The number of carboxylic acids is 2. The maximum absolute atomic E-state index is 13.2. The first kappa shape index (κ1) is 30.4. The molecule has 4 aromatic rings. The number of carboxylic acid groups (broad SMARTS) is 2. The summed E-state index contributed by atoms with van der Waals surface area (Å²) in [5, 5.41) is 26.5. The molecular formula is C26H21ClF3N5O6. The molecule has 0 fully saturated rings. The van der Waals surface area contributed by atoms with Crippen LogP contribution < -0.4 is 16.0 Å². The van der Waals surface area contributed by atoms with Crippen molar-refractivity contribution in [2.24, 2.45) is 0 Å². The molecule has 1 aromatic heterocycles. The fraction of sp³-hybridized carbons (Fsp3) is 0.115. The minimum absolute atomic E-state index is 0.0183. The van der Waals surface area contributed by atoms with Gasteiger partial charge in [0, 0.05) is 18.3 Å². The summed E-state index contributed by atoms with van der Waals surface area (Å²) in [6, 6.07) is 15.5. The first-order valence-electron chi connectivity index (χ1n) is 11.5. The van der Waals surface area contributed by atoms with Gasteiger partial charge >= 0.3 is 24.1 Å². The number of imidazole rings is 1. The van der Waals surface area contributed by atoms with E-state index in [-0.39, 0.29) is 17.7 Å². The molecule has 3 aromatic carbocycles. The Hall–Kier alpha value is -5.11. The van der Waals surface area contributed by atoms with Gasteiger partial charge in [-0.2, -0.15) is 13.2 Å². The Morgan fingerprint density at radius 1 is 0.927 bits per heavy atom. The molecule has 41 heavy (non-hydrogen) atoms. The van der Waals surface area contributed by atoms with E-state index in [0.29, 0.717) is 16.4 Å². The van der Waals surface area contributed by atoms with E-state index in [2.05, 4.69) is 25.9 Å². The van der Waals surface area contributed by atoms with Crippen molar-refractivity contribution in [3.63, 3.8) is 0 Å². The highest BCUT2D eigenvalue weighted by molar-refractivity contribution is 6.33. The van der Waals surface area contributed by atoms with Gasteiger partial charge in [-0.3, -0.25) is 4.79 Å². The number of H-pyrrole nitrogens is 1. The third-order valence-corrected chi connectivity index (χ3v) is 5.66. The Morgan fingerprint density at radius 2 is 1.51 bits per heavy atom. The first-order valence-corrected chi connectivity index (χ1v) is 11.9. The van der Waals surface area contributed by atoms with E-state index in [4.69, 9.17) is 21.5 Å². The Kier molecular flexibility index (Phi) is 9.87. The molecule has 11 nitrogen and oxygen atoms in total. The lowest BCUT2D eigenvalue weighted by Crippen LogP contribution is -2.42. The molecule has 0 aliphatic rings. The summed E-state index contributed by atoms with van der Waals surface area (Å²) in [7, 11) is 0. The van der Waals surface area contributed by atoms with E-state index >= 15 is 0 Å². The summed E-state index contributed by atoms with van der Waals surface area (Å²) < 4.78 is 31.7. The van der Waals surface area contributed by atoms with Gasteiger partial charge in [0.05, 0.1) is 28.3 Å². The minimum Gasteiger partial charge on any atom is -0.480 e. The second-order valence-corrected chi connectivity index (χ2v) is 8.66. The van der Waals surface area contributed by atoms with Gasteiger partial charge in [0.25, 0.3) is 5.91 Å². The van der Waals surface area contributed by atoms with Crippen molar-refractivity contribution in [2.45, 2.75) is 18.6 Å². The third kappa shape index (κ3) is 8.69. The van der Waals surface area contributed by atoms with Gasteiger partial charge < -0.3 is 31.1 Å². The standard InChI is InChI=1S/C24H20ClN5O4.C2HF3O2/c25-18-7-3-4-8-19(18)29-24(34)30-20-10-15-6-2-1-5-14(15)9-17(20)22(31)28-21(23(32)33)11-16-12-26-13-27-16;3-2(4,5)1(6)7/h1-10,12-13,21H,11H2,(H,26,27)(H,28,31)(H,32,33)(H2,29,30,34);(H,6,7)/t21-;/m0./s1. The summed E-state index contributed by atoms with van der Waals surface area (Å²) in [6.07, 6.45) is -2.15. The van der Waals surface area contributed by atoms with Crippen molar-refractivity contribution >= 4 is 57.6 Å². The molecule has 0 unspecified atom stereocenters. The highest BCUT2D eigenvalue weighted by Crippen LogP contribution is 2.26. The number of nitrogens with zero attached hydrogens (tertiary/aromatic N) is 1. The molecule has 3 amide bonds. The third-order valence-electron chi connectivity index (χ3n) is 5.33. The zero-order valence-corrected chi connectivity index (χ0v) is 21.5. The average Bonchev–Trinajstić information content (AvgIpc) is 3.42. The number of aliphatic carboxylic acids is 2. The fourth-order valence-corrected chi connectivity index (χ4v) is 3.61. The number of aromatic amines is 1. The highest BCUT2D eigenvalue weighted by atomic mass is 35.5. The predicted molar refractivity (Wildman–Crippen MR) is 143 cm³/mol. The van der Waals surface area contributed by atoms with Gasteiger partial charge in [-0.05, 0) is 35.0 Å². The number of carbonyl (C=O) groups excluding carboxylic acids is 2. The van der Waals surface area contributed by atoms with E-state index in [1.165, 1.54) is 12.5 Å². The van der Waals surface area contributed by atoms with Crippen LogP contribution in [-0.4, -0.2) is 56.3 Å². The van der Waals surface area contributed by atoms with Crippen LogP contribution in [-0.2, 0) is 16.0 Å². The number of fused-ring (bicyclic) bond motifs is 1. The number of benzene rings is 3. The summed E-state index contributed by atoms with van der Waals surface area (Å²) in [4.78, 5) is 53.2. The second-order valence-electron chi connectivity index (χ2n) is 8.25. The molecule has 0 bridgehead atoms. The Bertz CT molecular complexity index is 1560. The van der Waals surface area contributed by atoms with Crippen molar-refractivity contribution in [1.29, 1.82) is 0 Å². The van der Waals surface area contributed by atoms with E-state index in [1.54, 1.807) is 36.4 Å². The summed E-state index contributed by atoms with van der Waals surface area (Å²) in [5.74, 6) is -4.60. The zero-order valence-electron chi connectivity index (χ0n) is 20.7. The van der Waals surface area contributed by atoms with Crippen molar-refractivity contribution < 1.29 is 42.6 Å². The van der Waals surface area contributed by atoms with Gasteiger partial charge in [0.1, 0.15) is 6.04 Å². The number of hydrogen-bond acceptors (Lipinski definition) is 5. The molecule has 1 heterocycles. The number of nitrogens with one attached hydrogen (secondary N) is 4. The second kappa shape index (κ2) is 13.3. The quantitative estimate of drug-likeness (QED) is 0.177. The number of urea groups is 1. The van der Waals surface area contributed by atoms with Crippen molar-refractivity contribution in [2.75, 3.05) is 10.6 Å². The van der Waals surface area contributed by atoms with Crippen molar-refractivity contribution in [1.82, 2.24) is 15.3 Å². The molecule has 0 spiro atoms. The van der Waals surface area contributed by atoms with Crippen LogP contribution in [0.15, 0.2) is 73.2 Å². The minimum atomic E-state index is -5.08. The number of anilines is 2. The van der Waals surface area contributed by atoms with Crippen LogP contribution in [0.2, 0.25) is 5.02 Å². The number of alkyl halides is 3. The van der Waals surface area contributed by atoms with Crippen molar-refractivity contribution in [3.8, 4) is 0 Å². The molecule has 0 aliphatic heterocycles. The molecule has 0 saturated carbocycles. The number of carbonyl (C=O) groups is 4. The van der Waals surface area contributed by atoms with Crippen LogP contribution in [0.4, 0.5) is 29.3 Å². The molecule has 0 aliphatic carbocycles. The first-order chi connectivity index (χ1) is 19.3. The van der Waals surface area contributed by atoms with E-state index in [1.807, 2.05) is 24.3 Å². The molecular weight excluding hydrogens is 571 g/mol. The predicted octanol–water partition coefficient (Wildman–Crippen LogP) is 4.92. The van der Waals surface area contributed by atoms with Gasteiger partial charge in [-0.15, -0.1) is 0 Å². The number of aromatic nitrogens is 2. The highest BCUT2D eigenvalue weighted by Gasteiger charge is 2.38. The monoisotopic (exact) mass is 591 g/mol. The maximum Gasteiger partial charge on any atom is 0.490 e. The van der Waals surface area contributed by atoms with Crippen LogP contribution in [0.3, 0.4) is 0 Å². The largest absolute Gasteiger partial charge is 0.490 e. The number of halogens is 4. The van der Waals surface area contributed by atoms with E-state index in [9.17, 15) is 32.7 Å². The van der Waals surface area contributed by atoms with Crippen molar-refractivity contribution in [3.05, 3.63) is 89.5 Å². The zero-order chi connectivity index (χ0) is 30.2. The lowest BCUT2D eigenvalue weighted by atomic mass is 10.0. The SMILES string of the molecule is O=C(Nc1ccccc1Cl)Nc1cc2ccccc2cc1C(=O)N[C@@H](Cc1cnc[nH]1)C(=O)O.O=C(O)C(F)(F)F. The van der Waals surface area contributed by atoms with E-state index < -0.39 is 36.1 Å². The molecule has 15 heteroatoms. The summed E-state index contributed by atoms with van der Waals surface area (Å²) in [6.45, 7) is 0. The van der Waals surface area contributed by atoms with Crippen LogP contribution in [0.5, 0.6) is 0 Å². The Morgan fingerprint density at radius 3 is 2.07 bits per heavy atom. The summed E-state index contributed by atoms with van der Waals surface area (Å²) >= 11 is 6.11. The molecule has 0 saturated heterocycles. The number of rotatable bonds is 7. The lowest BCUT2D eigenvalue weighted by Gasteiger charge is -2.17. The van der Waals surface area contributed by atoms with E-state index in [0.717, 1.165) is 10.8 Å². The molecule has 0 radical (unpaired) electrons. The normalized spacial score (nSPS) is 11.5. The van der Waals surface area contributed by atoms with Crippen LogP contribution in [0.1, 0.15) is 16.1 Å². The Balaban J connectivity index is 0.000000587. The Labute approximate surface area is 234 Å². The smallest absolute Gasteiger partial charge is 0.480 e. The average molecular weight is 592 g/mol. The number of para-hydroxylation sites is 1. The van der Waals surface area contributed by atoms with Crippen LogP contribution in [0.25, 0.3) is 10.8 Å². The molecule has 6 N–H and O–H groups in total. The summed E-state index contributed by atoms with van der Waals surface area (Å²) in [5.41, 5.74) is 1.29. The topological polar surface area (TPSA) is 174 Å². The lowest BCUT2D eigenvalue weighted by molar-refractivity contribution is -0.192. The van der Waals surface area contributed by atoms with Gasteiger partial charge in [0.2, 0.25) is 0 Å². The number of hydrogen-bond donors (Lipinski definition) is 6. The van der Waals surface area contributed by atoms with Crippen LogP contribution in [0, 0.1) is 0 Å². The van der Waals surface area contributed by atoms with Gasteiger partial charge in [-0.1, -0.05) is 48.0 Å². The molecule has 1 atom stereocenters. The van der Waals surface area contributed by atoms with Gasteiger partial charge in [0.15, 0.2) is 0 Å². The van der Waals surface area contributed by atoms with Crippen LogP contribution >= 0.6 is 11.6 Å². The van der Waals surface area contributed by atoms with Gasteiger partial charge in [-0.25, -0.2) is 19.4 Å². The molecule has 214 valence electrons. The maximum atomic E-state index is 13.2. The number of amides is 3.